The van der Waals surface area contributed by atoms with E-state index in [0.717, 1.165) is 31.1 Å². The predicted molar refractivity (Wildman–Crippen MR) is 93.0 cm³/mol. The second-order valence-electron chi connectivity index (χ2n) is 6.77. The summed E-state index contributed by atoms with van der Waals surface area (Å²) in [7, 11) is 0. The van der Waals surface area contributed by atoms with Crippen LogP contribution in [0.25, 0.3) is 0 Å². The summed E-state index contributed by atoms with van der Waals surface area (Å²) in [4.78, 5) is 2.58. The quantitative estimate of drug-likeness (QED) is 0.882. The molecule has 4 nitrogen and oxygen atoms in total. The van der Waals surface area contributed by atoms with Crippen molar-refractivity contribution in [1.29, 1.82) is 0 Å². The molecule has 2 saturated heterocycles. The van der Waals surface area contributed by atoms with Crippen molar-refractivity contribution in [3.8, 4) is 0 Å². The molecule has 3 rings (SSSR count). The number of rotatable bonds is 4. The van der Waals surface area contributed by atoms with Crippen LogP contribution in [0.3, 0.4) is 0 Å². The van der Waals surface area contributed by atoms with E-state index >= 15 is 0 Å². The average Bonchev–Trinajstić information content (AvgIpc) is 2.58. The minimum atomic E-state index is -0.421. The second kappa shape index (κ2) is 7.95. The van der Waals surface area contributed by atoms with Crippen LogP contribution in [0.2, 0.25) is 5.02 Å². The van der Waals surface area contributed by atoms with Gasteiger partial charge in [-0.25, -0.2) is 0 Å². The van der Waals surface area contributed by atoms with Crippen molar-refractivity contribution < 1.29 is 9.84 Å². The number of halogens is 1. The first-order chi connectivity index (χ1) is 11.1. The number of morpholine rings is 1. The van der Waals surface area contributed by atoms with E-state index in [4.69, 9.17) is 16.3 Å². The highest BCUT2D eigenvalue weighted by Gasteiger charge is 2.35. The maximum Gasteiger partial charge on any atom is 0.0958 e. The molecule has 0 aromatic heterocycles. The van der Waals surface area contributed by atoms with Crippen LogP contribution in [-0.4, -0.2) is 60.5 Å². The van der Waals surface area contributed by atoms with E-state index in [-0.39, 0.29) is 6.10 Å². The number of hydrogen-bond donors (Lipinski definition) is 2. The molecule has 2 N–H and O–H groups in total. The van der Waals surface area contributed by atoms with Crippen molar-refractivity contribution in [3.63, 3.8) is 0 Å². The zero-order valence-corrected chi connectivity index (χ0v) is 14.5. The standard InChI is InChI=1S/C18H27ClN2O2/c1-13(22)18-11-21(16-6-8-20-9-7-16)17(12-23-18)10-14-2-4-15(19)5-3-14/h2-5,13,16-18,20,22H,6-12H2,1H3/t13-,17-,18+/m0/s1. The second-order valence-corrected chi connectivity index (χ2v) is 7.21. The minimum Gasteiger partial charge on any atom is -0.391 e. The van der Waals surface area contributed by atoms with Crippen molar-refractivity contribution in [2.75, 3.05) is 26.2 Å². The van der Waals surface area contributed by atoms with Gasteiger partial charge in [-0.2, -0.15) is 0 Å². The highest BCUT2D eigenvalue weighted by Crippen LogP contribution is 2.24. The van der Waals surface area contributed by atoms with Crippen LogP contribution in [0.1, 0.15) is 25.3 Å². The minimum absolute atomic E-state index is 0.0775. The van der Waals surface area contributed by atoms with Crippen molar-refractivity contribution in [1.82, 2.24) is 10.2 Å². The zero-order valence-electron chi connectivity index (χ0n) is 13.7. The van der Waals surface area contributed by atoms with Crippen LogP contribution in [0.15, 0.2) is 24.3 Å². The molecule has 0 amide bonds. The molecular weight excluding hydrogens is 312 g/mol. The topological polar surface area (TPSA) is 44.7 Å². The summed E-state index contributed by atoms with van der Waals surface area (Å²) >= 11 is 5.99. The Morgan fingerprint density at radius 3 is 2.65 bits per heavy atom. The Balaban J connectivity index is 1.71. The summed E-state index contributed by atoms with van der Waals surface area (Å²) in [6.07, 6.45) is 2.81. The van der Waals surface area contributed by atoms with E-state index in [0.29, 0.717) is 18.7 Å². The Bertz CT molecular complexity index is 488. The Morgan fingerprint density at radius 1 is 1.30 bits per heavy atom. The Morgan fingerprint density at radius 2 is 2.00 bits per heavy atom. The van der Waals surface area contributed by atoms with Gasteiger partial charge < -0.3 is 15.2 Å². The summed E-state index contributed by atoms with van der Waals surface area (Å²) < 4.78 is 5.94. The molecule has 0 spiro atoms. The molecule has 0 aliphatic carbocycles. The molecule has 0 unspecified atom stereocenters. The van der Waals surface area contributed by atoms with Gasteiger partial charge in [0.25, 0.3) is 0 Å². The third kappa shape index (κ3) is 4.46. The van der Waals surface area contributed by atoms with Gasteiger partial charge in [-0.1, -0.05) is 23.7 Å². The highest BCUT2D eigenvalue weighted by atomic mass is 35.5. The smallest absolute Gasteiger partial charge is 0.0958 e. The van der Waals surface area contributed by atoms with Crippen molar-refractivity contribution >= 4 is 11.6 Å². The summed E-state index contributed by atoms with van der Waals surface area (Å²) in [5, 5.41) is 14.1. The van der Waals surface area contributed by atoms with Gasteiger partial charge in [0, 0.05) is 23.7 Å². The van der Waals surface area contributed by atoms with Crippen LogP contribution in [0.5, 0.6) is 0 Å². The average molecular weight is 339 g/mol. The third-order valence-electron chi connectivity index (χ3n) is 5.06. The van der Waals surface area contributed by atoms with E-state index in [9.17, 15) is 5.11 Å². The first-order valence-electron chi connectivity index (χ1n) is 8.64. The van der Waals surface area contributed by atoms with Crippen molar-refractivity contribution in [2.24, 2.45) is 0 Å². The van der Waals surface area contributed by atoms with Gasteiger partial charge in [0.2, 0.25) is 0 Å². The van der Waals surface area contributed by atoms with Gasteiger partial charge in [0.15, 0.2) is 0 Å². The molecule has 0 bridgehead atoms. The van der Waals surface area contributed by atoms with E-state index in [1.54, 1.807) is 0 Å². The normalized spacial score (nSPS) is 28.7. The molecular formula is C18H27ClN2O2. The lowest BCUT2D eigenvalue weighted by molar-refractivity contribution is -0.120. The fourth-order valence-electron chi connectivity index (χ4n) is 3.69. The van der Waals surface area contributed by atoms with E-state index < -0.39 is 6.10 Å². The van der Waals surface area contributed by atoms with E-state index in [1.807, 2.05) is 19.1 Å². The summed E-state index contributed by atoms with van der Waals surface area (Å²) in [6, 6.07) is 9.06. The number of ether oxygens (including phenoxy) is 1. The van der Waals surface area contributed by atoms with Crippen molar-refractivity contribution in [2.45, 2.75) is 50.5 Å². The molecule has 0 saturated carbocycles. The maximum absolute atomic E-state index is 9.92. The number of nitrogens with zero attached hydrogens (tertiary/aromatic N) is 1. The molecule has 23 heavy (non-hydrogen) atoms. The lowest BCUT2D eigenvalue weighted by Gasteiger charge is -2.46. The lowest BCUT2D eigenvalue weighted by atomic mass is 9.96. The Labute approximate surface area is 143 Å². The van der Waals surface area contributed by atoms with Gasteiger partial charge in [-0.3, -0.25) is 4.90 Å². The molecule has 3 atom stereocenters. The summed E-state index contributed by atoms with van der Waals surface area (Å²) in [5.41, 5.74) is 1.29. The maximum atomic E-state index is 9.92. The first kappa shape index (κ1) is 17.2. The summed E-state index contributed by atoms with van der Waals surface area (Å²) in [5.74, 6) is 0. The monoisotopic (exact) mass is 338 g/mol. The van der Waals surface area contributed by atoms with Crippen LogP contribution in [-0.2, 0) is 11.2 Å². The molecule has 5 heteroatoms. The number of nitrogens with one attached hydrogen (secondary N) is 1. The number of piperidine rings is 1. The third-order valence-corrected chi connectivity index (χ3v) is 5.31. The molecule has 1 aromatic carbocycles. The van der Waals surface area contributed by atoms with Crippen LogP contribution < -0.4 is 5.32 Å². The van der Waals surface area contributed by atoms with Gasteiger partial charge in [-0.15, -0.1) is 0 Å². The molecule has 2 aliphatic rings. The van der Waals surface area contributed by atoms with Crippen LogP contribution in [0.4, 0.5) is 0 Å². The number of benzene rings is 1. The molecule has 1 aromatic rings. The van der Waals surface area contributed by atoms with Gasteiger partial charge in [0.05, 0.1) is 18.8 Å². The predicted octanol–water partition coefficient (Wildman–Crippen LogP) is 2.08. The number of aliphatic hydroxyl groups excluding tert-OH is 1. The lowest BCUT2D eigenvalue weighted by Crippen LogP contribution is -2.58. The Kier molecular flexibility index (Phi) is 5.94. The van der Waals surface area contributed by atoms with Gasteiger partial charge >= 0.3 is 0 Å². The van der Waals surface area contributed by atoms with Gasteiger partial charge in [0.1, 0.15) is 0 Å². The molecule has 128 valence electrons. The molecule has 0 radical (unpaired) electrons. The SMILES string of the molecule is C[C@H](O)[C@H]1CN(C2CCNCC2)[C@@H](Cc2ccc(Cl)cc2)CO1. The highest BCUT2D eigenvalue weighted by molar-refractivity contribution is 6.30. The van der Waals surface area contributed by atoms with E-state index in [2.05, 4.69) is 22.3 Å². The van der Waals surface area contributed by atoms with Crippen LogP contribution >= 0.6 is 11.6 Å². The first-order valence-corrected chi connectivity index (χ1v) is 9.02. The largest absolute Gasteiger partial charge is 0.391 e. The fraction of sp³-hybridized carbons (Fsp3) is 0.667. The molecule has 2 fully saturated rings. The number of hydrogen-bond acceptors (Lipinski definition) is 4. The molecule has 2 aliphatic heterocycles. The Hall–Kier alpha value is -0.650. The summed E-state index contributed by atoms with van der Waals surface area (Å²) in [6.45, 7) is 5.48. The number of aliphatic hydroxyl groups is 1. The fourth-order valence-corrected chi connectivity index (χ4v) is 3.81. The zero-order chi connectivity index (χ0) is 16.2. The van der Waals surface area contributed by atoms with E-state index in [1.165, 1.54) is 18.4 Å². The van der Waals surface area contributed by atoms with Crippen molar-refractivity contribution in [3.05, 3.63) is 34.9 Å². The van der Waals surface area contributed by atoms with Crippen LogP contribution in [0, 0.1) is 0 Å². The van der Waals surface area contributed by atoms with Gasteiger partial charge in [-0.05, 0) is 57.0 Å². The molecule has 2 heterocycles.